The van der Waals surface area contributed by atoms with Gasteiger partial charge in [0.2, 0.25) is 0 Å². The van der Waals surface area contributed by atoms with Gasteiger partial charge in [-0.15, -0.1) is 11.3 Å². The van der Waals surface area contributed by atoms with Crippen LogP contribution in [0.1, 0.15) is 16.8 Å². The zero-order valence-corrected chi connectivity index (χ0v) is 16.0. The van der Waals surface area contributed by atoms with Crippen LogP contribution < -0.4 is 10.5 Å². The lowest BCUT2D eigenvalue weighted by atomic mass is 10.1. The Morgan fingerprint density at radius 3 is 2.62 bits per heavy atom. The number of hydrogen-bond acceptors (Lipinski definition) is 6. The zero-order chi connectivity index (χ0) is 20.6. The molecule has 1 fully saturated rings. The SMILES string of the molecule is N#Cc1ccc(N2CCN(Cc3cc(=O)n4ccsc4n3)CC2)cc1C(F)(F)F. The number of aromatic nitrogens is 2. The number of hydrogen-bond donors (Lipinski definition) is 0. The van der Waals surface area contributed by atoms with Gasteiger partial charge in [-0.2, -0.15) is 18.4 Å². The summed E-state index contributed by atoms with van der Waals surface area (Å²) in [5, 5.41) is 10.7. The minimum absolute atomic E-state index is 0.123. The van der Waals surface area contributed by atoms with Gasteiger partial charge < -0.3 is 4.90 Å². The van der Waals surface area contributed by atoms with E-state index in [1.54, 1.807) is 23.7 Å². The first kappa shape index (κ1) is 19.4. The van der Waals surface area contributed by atoms with E-state index in [2.05, 4.69) is 9.88 Å². The summed E-state index contributed by atoms with van der Waals surface area (Å²) in [5.74, 6) is 0. The first-order chi connectivity index (χ1) is 13.8. The fourth-order valence-electron chi connectivity index (χ4n) is 3.42. The van der Waals surface area contributed by atoms with Gasteiger partial charge in [-0.25, -0.2) is 4.98 Å². The molecule has 0 unspecified atom stereocenters. The number of alkyl halides is 3. The molecule has 2 aromatic heterocycles. The Morgan fingerprint density at radius 1 is 1.17 bits per heavy atom. The predicted molar refractivity (Wildman–Crippen MR) is 103 cm³/mol. The number of halogens is 3. The van der Waals surface area contributed by atoms with Crippen LogP contribution in [0.3, 0.4) is 0 Å². The maximum Gasteiger partial charge on any atom is 0.417 e. The molecule has 1 aliphatic heterocycles. The van der Waals surface area contributed by atoms with Crippen LogP contribution in [0.5, 0.6) is 0 Å². The standard InChI is InChI=1S/C19H16F3N5OS/c20-19(21,22)16-10-15(2-1-13(16)11-23)26-5-3-25(4-6-26)12-14-9-17(28)27-7-8-29-18(27)24-14/h1-2,7-10H,3-6,12H2. The van der Waals surface area contributed by atoms with Gasteiger partial charge in [0.1, 0.15) is 0 Å². The van der Waals surface area contributed by atoms with Gasteiger partial charge in [0.05, 0.1) is 22.9 Å². The molecule has 3 heterocycles. The summed E-state index contributed by atoms with van der Waals surface area (Å²) in [6.45, 7) is 2.87. The molecule has 0 atom stereocenters. The summed E-state index contributed by atoms with van der Waals surface area (Å²) >= 11 is 1.39. The van der Waals surface area contributed by atoms with Crippen LogP contribution in [-0.2, 0) is 12.7 Å². The third-order valence-corrected chi connectivity index (χ3v) is 5.66. The molecular weight excluding hydrogens is 403 g/mol. The third kappa shape index (κ3) is 3.97. The second-order valence-electron chi connectivity index (χ2n) is 6.74. The highest BCUT2D eigenvalue weighted by Gasteiger charge is 2.34. The van der Waals surface area contributed by atoms with Crippen LogP contribution in [0.25, 0.3) is 4.96 Å². The quantitative estimate of drug-likeness (QED) is 0.653. The molecule has 1 aliphatic rings. The fourth-order valence-corrected chi connectivity index (χ4v) is 4.16. The number of nitriles is 1. The van der Waals surface area contributed by atoms with Crippen molar-refractivity contribution in [2.45, 2.75) is 12.7 Å². The maximum absolute atomic E-state index is 13.2. The summed E-state index contributed by atoms with van der Waals surface area (Å²) in [4.78, 5) is 21.2. The molecule has 1 saturated heterocycles. The molecule has 1 aromatic carbocycles. The number of fused-ring (bicyclic) bond motifs is 1. The smallest absolute Gasteiger partial charge is 0.369 e. The molecule has 150 valence electrons. The van der Waals surface area contributed by atoms with E-state index in [0.29, 0.717) is 49.1 Å². The van der Waals surface area contributed by atoms with Gasteiger partial charge in [-0.05, 0) is 18.2 Å². The number of rotatable bonds is 3. The van der Waals surface area contributed by atoms with Crippen LogP contribution in [0.4, 0.5) is 18.9 Å². The van der Waals surface area contributed by atoms with Crippen LogP contribution in [0.15, 0.2) is 40.6 Å². The number of benzene rings is 1. The van der Waals surface area contributed by atoms with E-state index in [4.69, 9.17) is 5.26 Å². The van der Waals surface area contributed by atoms with Crippen molar-refractivity contribution in [1.82, 2.24) is 14.3 Å². The van der Waals surface area contributed by atoms with Crippen molar-refractivity contribution >= 4 is 22.0 Å². The Bertz CT molecular complexity index is 1140. The topological polar surface area (TPSA) is 64.6 Å². The molecule has 0 aliphatic carbocycles. The molecule has 29 heavy (non-hydrogen) atoms. The van der Waals surface area contributed by atoms with Crippen molar-refractivity contribution in [2.24, 2.45) is 0 Å². The predicted octanol–water partition coefficient (Wildman–Crippen LogP) is 2.97. The molecule has 0 radical (unpaired) electrons. The molecule has 0 spiro atoms. The van der Waals surface area contributed by atoms with Crippen LogP contribution in [0.2, 0.25) is 0 Å². The van der Waals surface area contributed by atoms with Gasteiger partial charge in [-0.1, -0.05) is 0 Å². The molecule has 0 saturated carbocycles. The summed E-state index contributed by atoms with van der Waals surface area (Å²) in [6.07, 6.45) is -2.88. The number of nitrogens with zero attached hydrogens (tertiary/aromatic N) is 5. The van der Waals surface area contributed by atoms with E-state index in [9.17, 15) is 18.0 Å². The highest BCUT2D eigenvalue weighted by molar-refractivity contribution is 7.15. The van der Waals surface area contributed by atoms with E-state index in [-0.39, 0.29) is 11.1 Å². The van der Waals surface area contributed by atoms with Gasteiger partial charge in [-0.3, -0.25) is 14.1 Å². The van der Waals surface area contributed by atoms with Crippen molar-refractivity contribution in [3.8, 4) is 6.07 Å². The van der Waals surface area contributed by atoms with Crippen molar-refractivity contribution in [1.29, 1.82) is 5.26 Å². The van der Waals surface area contributed by atoms with Crippen LogP contribution in [-0.4, -0.2) is 40.5 Å². The van der Waals surface area contributed by atoms with Crippen molar-refractivity contribution < 1.29 is 13.2 Å². The van der Waals surface area contributed by atoms with Gasteiger partial charge in [0.25, 0.3) is 5.56 Å². The molecule has 3 aromatic rings. The summed E-state index contributed by atoms with van der Waals surface area (Å²) in [6, 6.07) is 6.93. The highest BCUT2D eigenvalue weighted by Crippen LogP contribution is 2.34. The minimum atomic E-state index is -4.57. The monoisotopic (exact) mass is 419 g/mol. The second kappa shape index (κ2) is 7.50. The van der Waals surface area contributed by atoms with Crippen molar-refractivity contribution in [3.05, 3.63) is 63.0 Å². The lowest BCUT2D eigenvalue weighted by molar-refractivity contribution is -0.137. The number of thiazole rings is 1. The Labute approximate surface area is 168 Å². The van der Waals surface area contributed by atoms with Crippen LogP contribution in [0, 0.1) is 11.3 Å². The Kier molecular flexibility index (Phi) is 5.02. The normalized spacial score (nSPS) is 15.6. The largest absolute Gasteiger partial charge is 0.417 e. The summed E-state index contributed by atoms with van der Waals surface area (Å²) in [7, 11) is 0. The van der Waals surface area contributed by atoms with Crippen LogP contribution >= 0.6 is 11.3 Å². The Hall–Kier alpha value is -2.90. The summed E-state index contributed by atoms with van der Waals surface area (Å²) < 4.78 is 41.1. The first-order valence-electron chi connectivity index (χ1n) is 8.89. The fraction of sp³-hybridized carbons (Fsp3) is 0.316. The lowest BCUT2D eigenvalue weighted by Gasteiger charge is -2.36. The molecule has 0 amide bonds. The average molecular weight is 419 g/mol. The molecule has 4 rings (SSSR count). The summed E-state index contributed by atoms with van der Waals surface area (Å²) in [5.41, 5.74) is -0.270. The van der Waals surface area contributed by atoms with E-state index >= 15 is 0 Å². The Morgan fingerprint density at radius 2 is 1.93 bits per heavy atom. The molecule has 0 N–H and O–H groups in total. The average Bonchev–Trinajstić information content (AvgIpc) is 3.17. The van der Waals surface area contributed by atoms with Gasteiger partial charge in [0.15, 0.2) is 4.96 Å². The Balaban J connectivity index is 1.45. The van der Waals surface area contributed by atoms with E-state index in [1.807, 2.05) is 4.90 Å². The number of piperazine rings is 1. The maximum atomic E-state index is 13.2. The number of anilines is 1. The van der Waals surface area contributed by atoms with Gasteiger partial charge in [0, 0.05) is 56.1 Å². The molecular formula is C19H16F3N5OS. The molecule has 0 bridgehead atoms. The zero-order valence-electron chi connectivity index (χ0n) is 15.2. The van der Waals surface area contributed by atoms with Gasteiger partial charge >= 0.3 is 6.18 Å². The third-order valence-electron chi connectivity index (χ3n) is 4.91. The molecule has 10 heteroatoms. The van der Waals surface area contributed by atoms with E-state index < -0.39 is 11.7 Å². The second-order valence-corrected chi connectivity index (χ2v) is 7.62. The van der Waals surface area contributed by atoms with Crippen molar-refractivity contribution in [3.63, 3.8) is 0 Å². The van der Waals surface area contributed by atoms with Crippen molar-refractivity contribution in [2.75, 3.05) is 31.1 Å². The lowest BCUT2D eigenvalue weighted by Crippen LogP contribution is -2.46. The molecule has 6 nitrogen and oxygen atoms in total. The highest BCUT2D eigenvalue weighted by atomic mass is 32.1. The van der Waals surface area contributed by atoms with E-state index in [0.717, 1.165) is 6.07 Å². The van der Waals surface area contributed by atoms with E-state index in [1.165, 1.54) is 27.9 Å². The minimum Gasteiger partial charge on any atom is -0.369 e. The first-order valence-corrected chi connectivity index (χ1v) is 9.77.